The van der Waals surface area contributed by atoms with Crippen molar-refractivity contribution in [2.24, 2.45) is 7.05 Å². The maximum Gasteiger partial charge on any atom is 0.290 e. The minimum absolute atomic E-state index is 0.250. The van der Waals surface area contributed by atoms with Crippen molar-refractivity contribution in [3.63, 3.8) is 0 Å². The van der Waals surface area contributed by atoms with Gasteiger partial charge in [0.1, 0.15) is 0 Å². The zero-order valence-corrected chi connectivity index (χ0v) is 7.21. The number of carbonyl (C=O) groups is 1. The van der Waals surface area contributed by atoms with Gasteiger partial charge in [-0.05, 0) is 6.07 Å². The number of carboxylic acid groups (broad SMARTS) is 1. The lowest BCUT2D eigenvalue weighted by atomic mass is 10.3. The normalized spacial score (nSPS) is 9.00. The Morgan fingerprint density at radius 2 is 2.08 bits per heavy atom. The fraction of sp³-hybridized carbons (Fsp3) is 0.111. The molecule has 13 heavy (non-hydrogen) atoms. The fourth-order valence-electron chi connectivity index (χ4n) is 1.10. The average molecular weight is 178 g/mol. The van der Waals surface area contributed by atoms with Crippen LogP contribution in [-0.4, -0.2) is 21.4 Å². The molecule has 1 aromatic heterocycles. The zero-order chi connectivity index (χ0) is 9.68. The van der Waals surface area contributed by atoms with Crippen LogP contribution in [0.15, 0.2) is 30.5 Å². The maximum absolute atomic E-state index is 8.36. The van der Waals surface area contributed by atoms with E-state index in [9.17, 15) is 0 Å². The third kappa shape index (κ3) is 2.05. The maximum atomic E-state index is 8.36. The third-order valence-electron chi connectivity index (χ3n) is 1.66. The molecule has 0 saturated carbocycles. The molecule has 0 bridgehead atoms. The van der Waals surface area contributed by atoms with Gasteiger partial charge in [0.05, 0.1) is 11.7 Å². The third-order valence-corrected chi connectivity index (χ3v) is 1.66. The number of nitrogens with zero attached hydrogens (tertiary/aromatic N) is 2. The van der Waals surface area contributed by atoms with Gasteiger partial charge in [-0.3, -0.25) is 9.48 Å². The summed E-state index contributed by atoms with van der Waals surface area (Å²) in [6.07, 6.45) is 1.87. The highest BCUT2D eigenvalue weighted by Crippen LogP contribution is 2.09. The molecule has 0 amide bonds. The average Bonchev–Trinajstić information content (AvgIpc) is 2.50. The molecule has 0 aliphatic rings. The van der Waals surface area contributed by atoms with Crippen molar-refractivity contribution in [1.82, 2.24) is 9.78 Å². The van der Waals surface area contributed by atoms with Crippen LogP contribution in [0.4, 0.5) is 0 Å². The molecular weight excluding hydrogens is 168 g/mol. The summed E-state index contributed by atoms with van der Waals surface area (Å²) in [7, 11) is 1.95. The number of aromatic nitrogens is 2. The molecule has 0 atom stereocenters. The number of para-hydroxylation sites is 1. The fourth-order valence-corrected chi connectivity index (χ4v) is 1.10. The molecule has 1 N–H and O–H groups in total. The van der Waals surface area contributed by atoms with Crippen molar-refractivity contribution < 1.29 is 9.90 Å². The second kappa shape index (κ2) is 4.25. The Kier molecular flexibility index (Phi) is 3.03. The Labute approximate surface area is 75.4 Å². The van der Waals surface area contributed by atoms with Crippen molar-refractivity contribution in [2.75, 3.05) is 0 Å². The van der Waals surface area contributed by atoms with E-state index >= 15 is 0 Å². The first-order valence-corrected chi connectivity index (χ1v) is 3.74. The molecule has 68 valence electrons. The van der Waals surface area contributed by atoms with Crippen LogP contribution in [0, 0.1) is 0 Å². The Hall–Kier alpha value is -1.84. The first kappa shape index (κ1) is 9.25. The van der Waals surface area contributed by atoms with Gasteiger partial charge in [-0.25, -0.2) is 0 Å². The molecule has 0 fully saturated rings. The van der Waals surface area contributed by atoms with Gasteiger partial charge in [-0.1, -0.05) is 18.2 Å². The number of hydrogen-bond acceptors (Lipinski definition) is 2. The van der Waals surface area contributed by atoms with E-state index in [0.717, 1.165) is 0 Å². The lowest BCUT2D eigenvalue weighted by Gasteiger charge is -1.90. The molecule has 4 heteroatoms. The van der Waals surface area contributed by atoms with E-state index in [1.54, 1.807) is 0 Å². The molecule has 0 spiro atoms. The second-order valence-electron chi connectivity index (χ2n) is 2.43. The Morgan fingerprint density at radius 3 is 2.69 bits per heavy atom. The van der Waals surface area contributed by atoms with E-state index < -0.39 is 0 Å². The predicted octanol–water partition coefficient (Wildman–Crippen LogP) is 1.27. The monoisotopic (exact) mass is 178 g/mol. The summed E-state index contributed by atoms with van der Waals surface area (Å²) >= 11 is 0. The molecule has 2 aromatic rings. The van der Waals surface area contributed by atoms with Gasteiger partial charge in [0.15, 0.2) is 0 Å². The molecule has 2 rings (SSSR count). The second-order valence-corrected chi connectivity index (χ2v) is 2.43. The number of hydrogen-bond donors (Lipinski definition) is 1. The van der Waals surface area contributed by atoms with E-state index in [2.05, 4.69) is 17.2 Å². The molecule has 4 nitrogen and oxygen atoms in total. The summed E-state index contributed by atoms with van der Waals surface area (Å²) < 4.78 is 1.87. The van der Waals surface area contributed by atoms with Gasteiger partial charge in [-0.2, -0.15) is 5.10 Å². The van der Waals surface area contributed by atoms with Crippen LogP contribution < -0.4 is 0 Å². The SMILES string of the molecule is Cn1ncc2ccccc21.O=CO. The van der Waals surface area contributed by atoms with Crippen molar-refractivity contribution in [3.8, 4) is 0 Å². The predicted molar refractivity (Wildman–Crippen MR) is 49.4 cm³/mol. The number of benzene rings is 1. The summed E-state index contributed by atoms with van der Waals surface area (Å²) in [4.78, 5) is 8.36. The topological polar surface area (TPSA) is 55.1 Å². The molecule has 0 aliphatic carbocycles. The highest BCUT2D eigenvalue weighted by Gasteiger charge is 1.93. The minimum Gasteiger partial charge on any atom is -0.483 e. The Bertz CT molecular complexity index is 395. The Morgan fingerprint density at radius 1 is 1.46 bits per heavy atom. The van der Waals surface area contributed by atoms with Crippen molar-refractivity contribution in [1.29, 1.82) is 0 Å². The summed E-state index contributed by atoms with van der Waals surface area (Å²) in [6, 6.07) is 8.15. The van der Waals surface area contributed by atoms with Crippen molar-refractivity contribution in [2.45, 2.75) is 0 Å². The first-order valence-electron chi connectivity index (χ1n) is 3.74. The van der Waals surface area contributed by atoms with Gasteiger partial charge >= 0.3 is 0 Å². The molecule has 0 aliphatic heterocycles. The number of rotatable bonds is 0. The summed E-state index contributed by atoms with van der Waals surface area (Å²) in [5, 5.41) is 12.2. The van der Waals surface area contributed by atoms with E-state index in [1.807, 2.05) is 30.1 Å². The molecule has 1 heterocycles. The number of aryl methyl sites for hydroxylation is 1. The lowest BCUT2D eigenvalue weighted by molar-refractivity contribution is -0.122. The quantitative estimate of drug-likeness (QED) is 0.618. The van der Waals surface area contributed by atoms with Crippen LogP contribution >= 0.6 is 0 Å². The highest BCUT2D eigenvalue weighted by molar-refractivity contribution is 5.78. The largest absolute Gasteiger partial charge is 0.483 e. The van der Waals surface area contributed by atoms with E-state index in [1.165, 1.54) is 10.9 Å². The first-order chi connectivity index (χ1) is 6.29. The van der Waals surface area contributed by atoms with Gasteiger partial charge < -0.3 is 5.11 Å². The van der Waals surface area contributed by atoms with Gasteiger partial charge in [0.25, 0.3) is 6.47 Å². The summed E-state index contributed by atoms with van der Waals surface area (Å²) in [5.74, 6) is 0. The van der Waals surface area contributed by atoms with E-state index in [-0.39, 0.29) is 6.47 Å². The minimum atomic E-state index is -0.250. The molecule has 0 saturated heterocycles. The van der Waals surface area contributed by atoms with Crippen LogP contribution in [-0.2, 0) is 11.8 Å². The smallest absolute Gasteiger partial charge is 0.290 e. The molecule has 0 unspecified atom stereocenters. The summed E-state index contributed by atoms with van der Waals surface area (Å²) in [6.45, 7) is -0.250. The van der Waals surface area contributed by atoms with Crippen molar-refractivity contribution >= 4 is 17.4 Å². The lowest BCUT2D eigenvalue weighted by Crippen LogP contribution is -1.87. The standard InChI is InChI=1S/C8H8N2.CH2O2/c1-10-8-5-3-2-4-7(8)6-9-10;2-1-3/h2-6H,1H3;1H,(H,2,3). The van der Waals surface area contributed by atoms with Gasteiger partial charge in [0, 0.05) is 12.4 Å². The van der Waals surface area contributed by atoms with E-state index in [4.69, 9.17) is 9.90 Å². The van der Waals surface area contributed by atoms with E-state index in [0.29, 0.717) is 0 Å². The van der Waals surface area contributed by atoms with Gasteiger partial charge in [0.2, 0.25) is 0 Å². The zero-order valence-electron chi connectivity index (χ0n) is 7.21. The highest BCUT2D eigenvalue weighted by atomic mass is 16.3. The molecule has 0 radical (unpaired) electrons. The Balaban J connectivity index is 0.000000251. The van der Waals surface area contributed by atoms with Crippen LogP contribution in [0.2, 0.25) is 0 Å². The van der Waals surface area contributed by atoms with Gasteiger partial charge in [-0.15, -0.1) is 0 Å². The molecule has 1 aromatic carbocycles. The van der Waals surface area contributed by atoms with Crippen LogP contribution in [0.5, 0.6) is 0 Å². The van der Waals surface area contributed by atoms with Crippen LogP contribution in [0.3, 0.4) is 0 Å². The molecular formula is C9H10N2O2. The number of fused-ring (bicyclic) bond motifs is 1. The summed E-state index contributed by atoms with van der Waals surface area (Å²) in [5.41, 5.74) is 1.18. The van der Waals surface area contributed by atoms with Crippen LogP contribution in [0.25, 0.3) is 10.9 Å². The van der Waals surface area contributed by atoms with Crippen LogP contribution in [0.1, 0.15) is 0 Å². The van der Waals surface area contributed by atoms with Crippen molar-refractivity contribution in [3.05, 3.63) is 30.5 Å².